The summed E-state index contributed by atoms with van der Waals surface area (Å²) in [5.41, 5.74) is 3.03. The molecular weight excluding hydrogens is 316 g/mol. The lowest BCUT2D eigenvalue weighted by atomic mass is 10.0. The summed E-state index contributed by atoms with van der Waals surface area (Å²) in [6, 6.07) is 5.36. The predicted molar refractivity (Wildman–Crippen MR) is 95.4 cm³/mol. The molecule has 1 fully saturated rings. The van der Waals surface area contributed by atoms with Gasteiger partial charge in [0.15, 0.2) is 0 Å². The lowest BCUT2D eigenvalue weighted by Gasteiger charge is -2.20. The summed E-state index contributed by atoms with van der Waals surface area (Å²) < 4.78 is 5.53. The van der Waals surface area contributed by atoms with E-state index >= 15 is 0 Å². The highest BCUT2D eigenvalue weighted by molar-refractivity contribution is 5.53. The van der Waals surface area contributed by atoms with Gasteiger partial charge in [-0.2, -0.15) is 0 Å². The Kier molecular flexibility index (Phi) is 4.72. The van der Waals surface area contributed by atoms with Crippen molar-refractivity contribution >= 4 is 0 Å². The average Bonchev–Trinajstić information content (AvgIpc) is 3.11. The molecule has 2 aromatic rings. The van der Waals surface area contributed by atoms with Crippen molar-refractivity contribution in [1.82, 2.24) is 19.9 Å². The first kappa shape index (κ1) is 16.2. The smallest absolute Gasteiger partial charge is 0.251 e. The van der Waals surface area contributed by atoms with E-state index in [-0.39, 0.29) is 5.56 Å². The van der Waals surface area contributed by atoms with Gasteiger partial charge >= 0.3 is 0 Å². The number of hydrogen-bond donors (Lipinski definition) is 1. The van der Waals surface area contributed by atoms with Crippen LogP contribution in [-0.2, 0) is 4.74 Å². The van der Waals surface area contributed by atoms with Gasteiger partial charge in [0.25, 0.3) is 5.56 Å². The van der Waals surface area contributed by atoms with E-state index < -0.39 is 0 Å². The molecule has 6 nitrogen and oxygen atoms in total. The molecule has 0 unspecified atom stereocenters. The van der Waals surface area contributed by atoms with Crippen LogP contribution in [0.25, 0.3) is 11.4 Å². The molecule has 1 saturated heterocycles. The van der Waals surface area contributed by atoms with E-state index in [1.807, 2.05) is 12.1 Å². The monoisotopic (exact) mass is 338 g/mol. The Morgan fingerprint density at radius 2 is 2.20 bits per heavy atom. The molecule has 6 heteroatoms. The van der Waals surface area contributed by atoms with Crippen LogP contribution in [0.2, 0.25) is 0 Å². The Labute approximate surface area is 146 Å². The summed E-state index contributed by atoms with van der Waals surface area (Å²) in [7, 11) is 0. The van der Waals surface area contributed by atoms with Crippen LogP contribution in [0.15, 0.2) is 47.0 Å². The van der Waals surface area contributed by atoms with Crippen molar-refractivity contribution in [3.8, 4) is 11.4 Å². The topological polar surface area (TPSA) is 71.1 Å². The maximum Gasteiger partial charge on any atom is 0.251 e. The molecule has 4 rings (SSSR count). The molecule has 0 aromatic carbocycles. The Hall–Kier alpha value is -2.31. The molecule has 0 saturated carbocycles. The molecule has 0 amide bonds. The fourth-order valence-corrected chi connectivity index (χ4v) is 3.56. The number of aromatic nitrogens is 3. The molecular formula is C19H22N4O2. The summed E-state index contributed by atoms with van der Waals surface area (Å²) in [6.07, 6.45) is 7.75. The van der Waals surface area contributed by atoms with E-state index in [9.17, 15) is 4.79 Å². The summed E-state index contributed by atoms with van der Waals surface area (Å²) in [5.74, 6) is 0.916. The first-order chi connectivity index (χ1) is 12.3. The Morgan fingerprint density at radius 1 is 1.32 bits per heavy atom. The van der Waals surface area contributed by atoms with E-state index in [1.165, 1.54) is 5.57 Å². The van der Waals surface area contributed by atoms with Crippen molar-refractivity contribution in [3.05, 3.63) is 58.3 Å². The third kappa shape index (κ3) is 3.86. The average molecular weight is 338 g/mol. The molecule has 1 atom stereocenters. The zero-order valence-electron chi connectivity index (χ0n) is 14.1. The highest BCUT2D eigenvalue weighted by Crippen LogP contribution is 2.27. The SMILES string of the molecule is O=c1cc([C@H]2CCN(CC3=CCCOC3)C2)nc(-c2ccncc2)[nH]1. The van der Waals surface area contributed by atoms with Crippen LogP contribution in [0, 0.1) is 0 Å². The molecule has 4 heterocycles. The fourth-order valence-electron chi connectivity index (χ4n) is 3.56. The first-order valence-corrected chi connectivity index (χ1v) is 8.77. The molecule has 25 heavy (non-hydrogen) atoms. The summed E-state index contributed by atoms with van der Waals surface area (Å²) in [5, 5.41) is 0. The highest BCUT2D eigenvalue weighted by Gasteiger charge is 2.26. The van der Waals surface area contributed by atoms with Crippen molar-refractivity contribution < 1.29 is 4.74 Å². The van der Waals surface area contributed by atoms with Crippen molar-refractivity contribution in [3.63, 3.8) is 0 Å². The molecule has 0 radical (unpaired) electrons. The molecule has 130 valence electrons. The molecule has 1 N–H and O–H groups in total. The second-order valence-corrected chi connectivity index (χ2v) is 6.68. The van der Waals surface area contributed by atoms with Gasteiger partial charge in [0.05, 0.1) is 18.9 Å². The maximum absolute atomic E-state index is 12.1. The van der Waals surface area contributed by atoms with Gasteiger partial charge in [-0.15, -0.1) is 0 Å². The van der Waals surface area contributed by atoms with Crippen LogP contribution in [0.4, 0.5) is 0 Å². The summed E-state index contributed by atoms with van der Waals surface area (Å²) in [6.45, 7) is 4.50. The number of aromatic amines is 1. The third-order valence-corrected chi connectivity index (χ3v) is 4.82. The van der Waals surface area contributed by atoms with Gasteiger partial charge in [-0.3, -0.25) is 14.7 Å². The summed E-state index contributed by atoms with van der Waals surface area (Å²) >= 11 is 0. The predicted octanol–water partition coefficient (Wildman–Crippen LogP) is 1.97. The number of nitrogens with one attached hydrogen (secondary N) is 1. The maximum atomic E-state index is 12.1. The molecule has 2 aromatic heterocycles. The number of pyridine rings is 1. The molecule has 2 aliphatic rings. The van der Waals surface area contributed by atoms with Crippen LogP contribution in [0.3, 0.4) is 0 Å². The number of H-pyrrole nitrogens is 1. The van der Waals surface area contributed by atoms with Crippen molar-refractivity contribution in [2.45, 2.75) is 18.8 Å². The van der Waals surface area contributed by atoms with E-state index in [2.05, 4.69) is 20.9 Å². The van der Waals surface area contributed by atoms with Crippen LogP contribution < -0.4 is 5.56 Å². The van der Waals surface area contributed by atoms with Gasteiger partial charge in [-0.25, -0.2) is 4.98 Å². The van der Waals surface area contributed by atoms with E-state index in [1.54, 1.807) is 18.5 Å². The second-order valence-electron chi connectivity index (χ2n) is 6.68. The number of ether oxygens (including phenoxy) is 1. The van der Waals surface area contributed by atoms with E-state index in [4.69, 9.17) is 9.72 Å². The minimum absolute atomic E-state index is 0.0985. The normalized spacial score (nSPS) is 21.3. The van der Waals surface area contributed by atoms with Gasteiger partial charge in [0.2, 0.25) is 0 Å². The minimum Gasteiger partial charge on any atom is -0.377 e. The van der Waals surface area contributed by atoms with Crippen LogP contribution in [0.1, 0.15) is 24.5 Å². The summed E-state index contributed by atoms with van der Waals surface area (Å²) in [4.78, 5) is 26.1. The van der Waals surface area contributed by atoms with Crippen LogP contribution >= 0.6 is 0 Å². The molecule has 0 bridgehead atoms. The zero-order valence-corrected chi connectivity index (χ0v) is 14.1. The zero-order chi connectivity index (χ0) is 17.1. The largest absolute Gasteiger partial charge is 0.377 e. The fraction of sp³-hybridized carbons (Fsp3) is 0.421. The quantitative estimate of drug-likeness (QED) is 0.863. The minimum atomic E-state index is -0.0985. The lowest BCUT2D eigenvalue weighted by molar-refractivity contribution is 0.144. The van der Waals surface area contributed by atoms with Gasteiger partial charge in [0, 0.05) is 43.0 Å². The van der Waals surface area contributed by atoms with Crippen molar-refractivity contribution in [2.24, 2.45) is 0 Å². The number of rotatable bonds is 4. The number of nitrogens with zero attached hydrogens (tertiary/aromatic N) is 3. The number of hydrogen-bond acceptors (Lipinski definition) is 5. The Bertz CT molecular complexity index is 816. The second kappa shape index (κ2) is 7.29. The van der Waals surface area contributed by atoms with E-state index in [0.29, 0.717) is 11.7 Å². The third-order valence-electron chi connectivity index (χ3n) is 4.82. The molecule has 0 spiro atoms. The van der Waals surface area contributed by atoms with Crippen molar-refractivity contribution in [2.75, 3.05) is 32.8 Å². The van der Waals surface area contributed by atoms with Gasteiger partial charge in [-0.05, 0) is 37.1 Å². The lowest BCUT2D eigenvalue weighted by Crippen LogP contribution is -2.26. The first-order valence-electron chi connectivity index (χ1n) is 8.77. The van der Waals surface area contributed by atoms with Gasteiger partial charge in [-0.1, -0.05) is 6.08 Å². The molecule has 0 aliphatic carbocycles. The number of likely N-dealkylation sites (tertiary alicyclic amines) is 1. The van der Waals surface area contributed by atoms with Crippen molar-refractivity contribution in [1.29, 1.82) is 0 Å². The van der Waals surface area contributed by atoms with Crippen LogP contribution in [-0.4, -0.2) is 52.7 Å². The van der Waals surface area contributed by atoms with Crippen LogP contribution in [0.5, 0.6) is 0 Å². The van der Waals surface area contributed by atoms with E-state index in [0.717, 1.165) is 56.9 Å². The molecule has 2 aliphatic heterocycles. The highest BCUT2D eigenvalue weighted by atomic mass is 16.5. The standard InChI is InChI=1S/C19H22N4O2/c24-18-10-17(21-19(22-18)15-3-6-20-7-4-15)16-5-8-23(12-16)11-14-2-1-9-25-13-14/h2-4,6-7,10,16H,1,5,8-9,11-13H2,(H,21,22,24)/t16-/m0/s1. The Morgan fingerprint density at radius 3 is 3.00 bits per heavy atom. The van der Waals surface area contributed by atoms with Gasteiger partial charge in [0.1, 0.15) is 5.82 Å². The Balaban J connectivity index is 1.50. The van der Waals surface area contributed by atoms with Gasteiger partial charge < -0.3 is 9.72 Å².